The van der Waals surface area contributed by atoms with Gasteiger partial charge >= 0.3 is 0 Å². The molecular formula is C15H10BrN3S. The summed E-state index contributed by atoms with van der Waals surface area (Å²) >= 11 is 4.81. The average molecular weight is 344 g/mol. The molecule has 4 rings (SSSR count). The number of aromatic nitrogens is 2. The molecule has 5 heteroatoms. The fourth-order valence-electron chi connectivity index (χ4n) is 2.60. The quantitative estimate of drug-likeness (QED) is 0.577. The van der Waals surface area contributed by atoms with Crippen LogP contribution >= 0.6 is 27.3 Å². The molecule has 1 N–H and O–H groups in total. The predicted molar refractivity (Wildman–Crippen MR) is 85.6 cm³/mol. The van der Waals surface area contributed by atoms with Crippen molar-refractivity contribution in [1.82, 2.24) is 10.2 Å². The summed E-state index contributed by atoms with van der Waals surface area (Å²) in [6.07, 6.45) is 1.00. The SMILES string of the molecule is Brc1nnc(Nc2ccc3c(c2)Cc2ccccc2-3)s1. The Bertz CT molecular complexity index is 797. The molecule has 0 radical (unpaired) electrons. The standard InChI is InChI=1S/C15H10BrN3S/c16-14-18-19-15(20-14)17-11-5-6-13-10(8-11)7-9-3-1-2-4-12(9)13/h1-6,8H,7H2,(H,17,19). The molecule has 20 heavy (non-hydrogen) atoms. The minimum absolute atomic E-state index is 0.786. The molecule has 3 nitrogen and oxygen atoms in total. The van der Waals surface area contributed by atoms with Crippen LogP contribution in [-0.4, -0.2) is 10.2 Å². The van der Waals surface area contributed by atoms with Gasteiger partial charge in [0.15, 0.2) is 3.92 Å². The number of nitrogens with one attached hydrogen (secondary N) is 1. The third-order valence-electron chi connectivity index (χ3n) is 3.45. The molecule has 0 atom stereocenters. The molecule has 0 saturated heterocycles. The molecule has 1 aliphatic carbocycles. The lowest BCUT2D eigenvalue weighted by atomic mass is 10.1. The Morgan fingerprint density at radius 3 is 2.70 bits per heavy atom. The van der Waals surface area contributed by atoms with Crippen LogP contribution in [0.5, 0.6) is 0 Å². The van der Waals surface area contributed by atoms with E-state index >= 15 is 0 Å². The lowest BCUT2D eigenvalue weighted by Crippen LogP contribution is -1.91. The molecule has 1 aromatic heterocycles. The molecule has 0 spiro atoms. The molecule has 0 bridgehead atoms. The Kier molecular flexibility index (Phi) is 2.82. The molecule has 0 fully saturated rings. The first kappa shape index (κ1) is 12.1. The number of halogens is 1. The van der Waals surface area contributed by atoms with E-state index in [1.165, 1.54) is 33.6 Å². The number of anilines is 2. The Morgan fingerprint density at radius 2 is 1.85 bits per heavy atom. The van der Waals surface area contributed by atoms with E-state index in [1.807, 2.05) is 0 Å². The minimum atomic E-state index is 0.786. The van der Waals surface area contributed by atoms with Crippen molar-refractivity contribution >= 4 is 38.1 Å². The molecular weight excluding hydrogens is 334 g/mol. The largest absolute Gasteiger partial charge is 0.330 e. The molecule has 1 heterocycles. The van der Waals surface area contributed by atoms with Crippen LogP contribution in [0.15, 0.2) is 46.4 Å². The van der Waals surface area contributed by atoms with Gasteiger partial charge in [0.2, 0.25) is 5.13 Å². The highest BCUT2D eigenvalue weighted by molar-refractivity contribution is 9.11. The number of rotatable bonds is 2. The van der Waals surface area contributed by atoms with Gasteiger partial charge in [0, 0.05) is 5.69 Å². The van der Waals surface area contributed by atoms with E-state index in [0.29, 0.717) is 0 Å². The van der Waals surface area contributed by atoms with Crippen molar-refractivity contribution in [3.05, 3.63) is 57.5 Å². The highest BCUT2D eigenvalue weighted by atomic mass is 79.9. The minimum Gasteiger partial charge on any atom is -0.330 e. The second kappa shape index (κ2) is 4.68. The van der Waals surface area contributed by atoms with Gasteiger partial charge in [0.25, 0.3) is 0 Å². The summed E-state index contributed by atoms with van der Waals surface area (Å²) in [5, 5.41) is 12.1. The first-order valence-corrected chi connectivity index (χ1v) is 7.88. The highest BCUT2D eigenvalue weighted by Gasteiger charge is 2.17. The molecule has 0 amide bonds. The predicted octanol–water partition coefficient (Wildman–Crippen LogP) is 4.62. The van der Waals surface area contributed by atoms with E-state index in [1.54, 1.807) is 0 Å². The van der Waals surface area contributed by atoms with E-state index in [4.69, 9.17) is 0 Å². The lowest BCUT2D eigenvalue weighted by molar-refractivity contribution is 1.07. The molecule has 0 unspecified atom stereocenters. The van der Waals surface area contributed by atoms with Crippen molar-refractivity contribution in [2.24, 2.45) is 0 Å². The van der Waals surface area contributed by atoms with Crippen molar-refractivity contribution in [3.8, 4) is 11.1 Å². The summed E-state index contributed by atoms with van der Waals surface area (Å²) in [4.78, 5) is 0. The molecule has 98 valence electrons. The smallest absolute Gasteiger partial charge is 0.210 e. The van der Waals surface area contributed by atoms with Crippen molar-refractivity contribution in [2.75, 3.05) is 5.32 Å². The molecule has 3 aromatic rings. The maximum absolute atomic E-state index is 4.05. The summed E-state index contributed by atoms with van der Waals surface area (Å²) < 4.78 is 0.786. The van der Waals surface area contributed by atoms with Gasteiger partial charge in [-0.05, 0) is 56.7 Å². The third kappa shape index (κ3) is 2.03. The van der Waals surface area contributed by atoms with Crippen molar-refractivity contribution in [3.63, 3.8) is 0 Å². The Balaban J connectivity index is 1.68. The number of hydrogen-bond donors (Lipinski definition) is 1. The maximum atomic E-state index is 4.05. The van der Waals surface area contributed by atoms with Crippen LogP contribution in [0.1, 0.15) is 11.1 Å². The van der Waals surface area contributed by atoms with Gasteiger partial charge < -0.3 is 5.32 Å². The van der Waals surface area contributed by atoms with Crippen LogP contribution in [0.3, 0.4) is 0 Å². The Hall–Kier alpha value is -1.72. The maximum Gasteiger partial charge on any atom is 0.210 e. The summed E-state index contributed by atoms with van der Waals surface area (Å²) in [5.74, 6) is 0. The molecule has 1 aliphatic rings. The van der Waals surface area contributed by atoms with Gasteiger partial charge in [-0.1, -0.05) is 41.7 Å². The Morgan fingerprint density at radius 1 is 1.00 bits per heavy atom. The van der Waals surface area contributed by atoms with Crippen molar-refractivity contribution in [1.29, 1.82) is 0 Å². The van der Waals surface area contributed by atoms with Crippen LogP contribution in [0.4, 0.5) is 10.8 Å². The number of benzene rings is 2. The van der Waals surface area contributed by atoms with Gasteiger partial charge in [-0.25, -0.2) is 0 Å². The molecule has 2 aromatic carbocycles. The van der Waals surface area contributed by atoms with Gasteiger partial charge in [-0.3, -0.25) is 0 Å². The monoisotopic (exact) mass is 343 g/mol. The van der Waals surface area contributed by atoms with Crippen LogP contribution in [0, 0.1) is 0 Å². The van der Waals surface area contributed by atoms with Crippen LogP contribution in [0.25, 0.3) is 11.1 Å². The van der Waals surface area contributed by atoms with Crippen LogP contribution in [0.2, 0.25) is 0 Å². The fraction of sp³-hybridized carbons (Fsp3) is 0.0667. The van der Waals surface area contributed by atoms with E-state index in [0.717, 1.165) is 21.2 Å². The first-order chi connectivity index (χ1) is 9.79. The topological polar surface area (TPSA) is 37.8 Å². The van der Waals surface area contributed by atoms with Crippen molar-refractivity contribution in [2.45, 2.75) is 6.42 Å². The van der Waals surface area contributed by atoms with Crippen molar-refractivity contribution < 1.29 is 0 Å². The van der Waals surface area contributed by atoms with Gasteiger partial charge in [0.1, 0.15) is 0 Å². The normalized spacial score (nSPS) is 12.1. The molecule has 0 aliphatic heterocycles. The zero-order chi connectivity index (χ0) is 13.5. The molecule has 0 saturated carbocycles. The Labute approximate surface area is 128 Å². The number of hydrogen-bond acceptors (Lipinski definition) is 4. The van der Waals surface area contributed by atoms with E-state index in [-0.39, 0.29) is 0 Å². The lowest BCUT2D eigenvalue weighted by Gasteiger charge is -2.05. The van der Waals surface area contributed by atoms with E-state index in [2.05, 4.69) is 73.9 Å². The van der Waals surface area contributed by atoms with Gasteiger partial charge in [-0.15, -0.1) is 10.2 Å². The second-order valence-electron chi connectivity index (χ2n) is 4.69. The van der Waals surface area contributed by atoms with E-state index < -0.39 is 0 Å². The zero-order valence-electron chi connectivity index (χ0n) is 10.4. The second-order valence-corrected chi connectivity index (χ2v) is 6.94. The van der Waals surface area contributed by atoms with Gasteiger partial charge in [0.05, 0.1) is 0 Å². The zero-order valence-corrected chi connectivity index (χ0v) is 12.8. The number of fused-ring (bicyclic) bond motifs is 3. The van der Waals surface area contributed by atoms with Crippen LogP contribution in [-0.2, 0) is 6.42 Å². The summed E-state index contributed by atoms with van der Waals surface area (Å²) in [6.45, 7) is 0. The summed E-state index contributed by atoms with van der Waals surface area (Å²) in [6, 6.07) is 15.1. The highest BCUT2D eigenvalue weighted by Crippen LogP contribution is 2.38. The van der Waals surface area contributed by atoms with E-state index in [9.17, 15) is 0 Å². The van der Waals surface area contributed by atoms with Gasteiger partial charge in [-0.2, -0.15) is 0 Å². The first-order valence-electron chi connectivity index (χ1n) is 6.27. The average Bonchev–Trinajstić information content (AvgIpc) is 3.01. The fourth-order valence-corrected chi connectivity index (χ4v) is 3.63. The number of nitrogens with zero attached hydrogens (tertiary/aromatic N) is 2. The summed E-state index contributed by atoms with van der Waals surface area (Å²) in [5.41, 5.74) is 6.51. The third-order valence-corrected chi connectivity index (χ3v) is 4.72. The van der Waals surface area contributed by atoms with Crippen LogP contribution < -0.4 is 5.32 Å². The summed E-state index contributed by atoms with van der Waals surface area (Å²) in [7, 11) is 0.